The molecule has 25 heavy (non-hydrogen) atoms. The highest BCUT2D eigenvalue weighted by Crippen LogP contribution is 2.45. The van der Waals surface area contributed by atoms with Crippen LogP contribution in [0.1, 0.15) is 82.2 Å². The van der Waals surface area contributed by atoms with Crippen molar-refractivity contribution in [2.45, 2.75) is 88.3 Å². The van der Waals surface area contributed by atoms with E-state index in [2.05, 4.69) is 22.8 Å². The third kappa shape index (κ3) is 3.78. The molecule has 0 bridgehead atoms. The molecule has 2 fully saturated rings. The molecule has 1 heterocycles. The van der Waals surface area contributed by atoms with Gasteiger partial charge in [0, 0.05) is 18.0 Å². The van der Waals surface area contributed by atoms with Gasteiger partial charge in [-0.15, -0.1) is 0 Å². The molecule has 1 aromatic rings. The molecule has 0 saturated heterocycles. The van der Waals surface area contributed by atoms with E-state index in [0.29, 0.717) is 6.04 Å². The first-order valence-electron chi connectivity index (χ1n) is 10.1. The third-order valence-electron chi connectivity index (χ3n) is 6.21. The molecule has 136 valence electrons. The van der Waals surface area contributed by atoms with Crippen molar-refractivity contribution < 1.29 is 9.53 Å². The van der Waals surface area contributed by atoms with Crippen LogP contribution in [0.3, 0.4) is 0 Å². The summed E-state index contributed by atoms with van der Waals surface area (Å²) < 4.78 is 6.45. The highest BCUT2D eigenvalue weighted by atomic mass is 16.5. The van der Waals surface area contributed by atoms with Gasteiger partial charge in [0.25, 0.3) is 0 Å². The molecular formula is C21H30N2O2. The zero-order chi connectivity index (χ0) is 17.1. The van der Waals surface area contributed by atoms with E-state index in [-0.39, 0.29) is 17.7 Å². The standard InChI is InChI=1S/C21H30N2O2/c24-20(22-16-9-3-1-4-10-16)23-18-15-21(13-7-2-8-14-21)25-19-12-6-5-11-17(18)19/h5-6,11-12,16,18H,1-4,7-10,13-15H2,(H2,22,23,24)/t18-/m1/s1. The number of fused-ring (bicyclic) bond motifs is 1. The lowest BCUT2D eigenvalue weighted by atomic mass is 9.77. The van der Waals surface area contributed by atoms with Crippen LogP contribution in [-0.4, -0.2) is 17.7 Å². The fraction of sp³-hybridized carbons (Fsp3) is 0.667. The fourth-order valence-corrected chi connectivity index (χ4v) is 4.88. The molecule has 2 aliphatic carbocycles. The second-order valence-corrected chi connectivity index (χ2v) is 8.09. The number of urea groups is 1. The van der Waals surface area contributed by atoms with Crippen LogP contribution in [0.4, 0.5) is 4.79 Å². The second kappa shape index (κ2) is 7.27. The van der Waals surface area contributed by atoms with E-state index in [4.69, 9.17) is 4.74 Å². The lowest BCUT2D eigenvalue weighted by Gasteiger charge is -2.44. The molecule has 0 aromatic heterocycles. The van der Waals surface area contributed by atoms with Gasteiger partial charge in [-0.05, 0) is 44.6 Å². The van der Waals surface area contributed by atoms with Gasteiger partial charge in [0.05, 0.1) is 6.04 Å². The first-order chi connectivity index (χ1) is 12.2. The largest absolute Gasteiger partial charge is 0.487 e. The van der Waals surface area contributed by atoms with E-state index in [0.717, 1.165) is 43.4 Å². The van der Waals surface area contributed by atoms with Gasteiger partial charge in [-0.25, -0.2) is 4.79 Å². The first-order valence-corrected chi connectivity index (χ1v) is 10.1. The predicted octanol–water partition coefficient (Wildman–Crippen LogP) is 4.85. The maximum absolute atomic E-state index is 12.6. The minimum Gasteiger partial charge on any atom is -0.487 e. The summed E-state index contributed by atoms with van der Waals surface area (Å²) in [4.78, 5) is 12.6. The molecule has 1 aliphatic heterocycles. The number of carbonyl (C=O) groups is 1. The van der Waals surface area contributed by atoms with Crippen LogP contribution in [0.5, 0.6) is 5.75 Å². The molecule has 1 spiro atoms. The zero-order valence-corrected chi connectivity index (χ0v) is 15.1. The molecule has 0 unspecified atom stereocenters. The number of hydrogen-bond donors (Lipinski definition) is 2. The summed E-state index contributed by atoms with van der Waals surface area (Å²) >= 11 is 0. The number of hydrogen-bond acceptors (Lipinski definition) is 2. The lowest BCUT2D eigenvalue weighted by molar-refractivity contribution is -0.00124. The summed E-state index contributed by atoms with van der Waals surface area (Å²) in [5.41, 5.74) is 1.03. The SMILES string of the molecule is O=C(NC1CCCCC1)N[C@@H]1CC2(CCCCC2)Oc2ccccc21. The Morgan fingerprint density at radius 2 is 1.68 bits per heavy atom. The molecule has 2 N–H and O–H groups in total. The predicted molar refractivity (Wildman–Crippen MR) is 98.8 cm³/mol. The zero-order valence-electron chi connectivity index (χ0n) is 15.1. The molecule has 0 radical (unpaired) electrons. The maximum Gasteiger partial charge on any atom is 0.315 e. The van der Waals surface area contributed by atoms with Crippen LogP contribution in [0.2, 0.25) is 0 Å². The smallest absolute Gasteiger partial charge is 0.315 e. The van der Waals surface area contributed by atoms with Gasteiger partial charge in [-0.2, -0.15) is 0 Å². The summed E-state index contributed by atoms with van der Waals surface area (Å²) in [6, 6.07) is 8.59. The van der Waals surface area contributed by atoms with Gasteiger partial charge in [-0.1, -0.05) is 43.9 Å². The number of rotatable bonds is 2. The molecule has 1 aromatic carbocycles. The molecule has 4 heteroatoms. The number of ether oxygens (including phenoxy) is 1. The van der Waals surface area contributed by atoms with Crippen molar-refractivity contribution in [3.05, 3.63) is 29.8 Å². The van der Waals surface area contributed by atoms with Gasteiger partial charge in [0.1, 0.15) is 11.4 Å². The normalized spacial score (nSPS) is 25.7. The summed E-state index contributed by atoms with van der Waals surface area (Å²) in [5.74, 6) is 0.957. The summed E-state index contributed by atoms with van der Waals surface area (Å²) in [5, 5.41) is 6.46. The monoisotopic (exact) mass is 342 g/mol. The van der Waals surface area contributed by atoms with Crippen LogP contribution in [0, 0.1) is 0 Å². The van der Waals surface area contributed by atoms with E-state index in [1.807, 2.05) is 12.1 Å². The van der Waals surface area contributed by atoms with E-state index in [1.54, 1.807) is 0 Å². The van der Waals surface area contributed by atoms with Crippen molar-refractivity contribution in [3.8, 4) is 5.75 Å². The maximum atomic E-state index is 12.6. The van der Waals surface area contributed by atoms with E-state index in [1.165, 1.54) is 38.5 Å². The number of carbonyl (C=O) groups excluding carboxylic acids is 1. The second-order valence-electron chi connectivity index (χ2n) is 8.09. The lowest BCUT2D eigenvalue weighted by Crippen LogP contribution is -2.49. The topological polar surface area (TPSA) is 50.4 Å². The number of nitrogens with one attached hydrogen (secondary N) is 2. The Morgan fingerprint density at radius 3 is 2.48 bits per heavy atom. The molecule has 4 rings (SSSR count). The highest BCUT2D eigenvalue weighted by molar-refractivity contribution is 5.75. The van der Waals surface area contributed by atoms with Crippen molar-refractivity contribution in [2.75, 3.05) is 0 Å². The Morgan fingerprint density at radius 1 is 0.960 bits per heavy atom. The van der Waals surface area contributed by atoms with Crippen molar-refractivity contribution in [3.63, 3.8) is 0 Å². The van der Waals surface area contributed by atoms with E-state index < -0.39 is 0 Å². The first kappa shape index (κ1) is 16.7. The van der Waals surface area contributed by atoms with Crippen LogP contribution in [0.15, 0.2) is 24.3 Å². The van der Waals surface area contributed by atoms with Gasteiger partial charge in [-0.3, -0.25) is 0 Å². The van der Waals surface area contributed by atoms with Crippen LogP contribution < -0.4 is 15.4 Å². The molecule has 3 aliphatic rings. The average molecular weight is 342 g/mol. The third-order valence-corrected chi connectivity index (χ3v) is 6.21. The van der Waals surface area contributed by atoms with E-state index >= 15 is 0 Å². The van der Waals surface area contributed by atoms with Gasteiger partial charge >= 0.3 is 6.03 Å². The summed E-state index contributed by atoms with van der Waals surface area (Å²) in [7, 11) is 0. The Labute approximate surface area is 150 Å². The minimum atomic E-state index is -0.0879. The van der Waals surface area contributed by atoms with Crippen LogP contribution in [0.25, 0.3) is 0 Å². The number of amides is 2. The van der Waals surface area contributed by atoms with Gasteiger partial charge < -0.3 is 15.4 Å². The Bertz CT molecular complexity index is 604. The number of benzene rings is 1. The molecule has 2 saturated carbocycles. The Hall–Kier alpha value is -1.71. The Balaban J connectivity index is 1.47. The highest BCUT2D eigenvalue weighted by Gasteiger charge is 2.42. The fourth-order valence-electron chi connectivity index (χ4n) is 4.88. The van der Waals surface area contributed by atoms with Gasteiger partial charge in [0.15, 0.2) is 0 Å². The number of para-hydroxylation sites is 1. The molecule has 1 atom stereocenters. The minimum absolute atomic E-state index is 0.0143. The van der Waals surface area contributed by atoms with Crippen LogP contribution >= 0.6 is 0 Å². The average Bonchev–Trinajstić information content (AvgIpc) is 2.63. The van der Waals surface area contributed by atoms with Gasteiger partial charge in [0.2, 0.25) is 0 Å². The summed E-state index contributed by atoms with van der Waals surface area (Å²) in [6.07, 6.45) is 12.8. The van der Waals surface area contributed by atoms with Crippen LogP contribution in [-0.2, 0) is 0 Å². The quantitative estimate of drug-likeness (QED) is 0.807. The molecular weight excluding hydrogens is 312 g/mol. The van der Waals surface area contributed by atoms with Crippen molar-refractivity contribution in [1.82, 2.24) is 10.6 Å². The Kier molecular flexibility index (Phi) is 4.87. The summed E-state index contributed by atoms with van der Waals surface area (Å²) in [6.45, 7) is 0. The van der Waals surface area contributed by atoms with Crippen molar-refractivity contribution in [2.24, 2.45) is 0 Å². The molecule has 4 nitrogen and oxygen atoms in total. The van der Waals surface area contributed by atoms with Crippen molar-refractivity contribution in [1.29, 1.82) is 0 Å². The molecule has 2 amide bonds. The van der Waals surface area contributed by atoms with E-state index in [9.17, 15) is 4.79 Å². The van der Waals surface area contributed by atoms with Crippen molar-refractivity contribution >= 4 is 6.03 Å².